The molecule has 0 radical (unpaired) electrons. The zero-order valence-electron chi connectivity index (χ0n) is 11.9. The maximum absolute atomic E-state index is 12.2. The van der Waals surface area contributed by atoms with Gasteiger partial charge >= 0.3 is 5.97 Å². The fourth-order valence-electron chi connectivity index (χ4n) is 3.51. The van der Waals surface area contributed by atoms with Crippen LogP contribution in [0.4, 0.5) is 0 Å². The van der Waals surface area contributed by atoms with E-state index in [-0.39, 0.29) is 23.1 Å². The van der Waals surface area contributed by atoms with Gasteiger partial charge in [-0.2, -0.15) is 0 Å². The second kappa shape index (κ2) is 5.72. The molecule has 2 aliphatic heterocycles. The van der Waals surface area contributed by atoms with E-state index < -0.39 is 12.0 Å². The fourth-order valence-corrected chi connectivity index (χ4v) is 4.80. The molecular formula is C16H19NO3S. The number of benzene rings is 1. The Morgan fingerprint density at radius 1 is 1.29 bits per heavy atom. The molecule has 0 spiro atoms. The summed E-state index contributed by atoms with van der Waals surface area (Å²) in [7, 11) is 0. The Hall–Kier alpha value is -1.49. The van der Waals surface area contributed by atoms with E-state index in [0.29, 0.717) is 6.42 Å². The first-order valence-corrected chi connectivity index (χ1v) is 8.21. The second-order valence-electron chi connectivity index (χ2n) is 5.88. The largest absolute Gasteiger partial charge is 0.480 e. The molecule has 21 heavy (non-hydrogen) atoms. The molecule has 4 nitrogen and oxygen atoms in total. The highest BCUT2D eigenvalue weighted by Crippen LogP contribution is 2.41. The molecule has 1 N–H and O–H groups in total. The third-order valence-corrected chi connectivity index (χ3v) is 5.82. The van der Waals surface area contributed by atoms with Gasteiger partial charge in [-0.1, -0.05) is 25.1 Å². The molecule has 0 aliphatic carbocycles. The zero-order valence-corrected chi connectivity index (χ0v) is 12.8. The van der Waals surface area contributed by atoms with Gasteiger partial charge in [0.1, 0.15) is 6.04 Å². The van der Waals surface area contributed by atoms with Crippen LogP contribution < -0.4 is 0 Å². The number of fused-ring (bicyclic) bond motifs is 1. The van der Waals surface area contributed by atoms with Crippen molar-refractivity contribution in [3.05, 3.63) is 30.3 Å². The number of carboxylic acids is 1. The van der Waals surface area contributed by atoms with Crippen molar-refractivity contribution < 1.29 is 14.7 Å². The minimum atomic E-state index is -0.879. The lowest BCUT2D eigenvalue weighted by Crippen LogP contribution is -2.55. The van der Waals surface area contributed by atoms with Crippen LogP contribution >= 0.6 is 11.8 Å². The van der Waals surface area contributed by atoms with Crippen molar-refractivity contribution in [3.8, 4) is 0 Å². The number of rotatable bonds is 3. The van der Waals surface area contributed by atoms with Crippen molar-refractivity contribution in [1.82, 2.24) is 4.90 Å². The van der Waals surface area contributed by atoms with Crippen molar-refractivity contribution in [3.63, 3.8) is 0 Å². The molecule has 0 bridgehead atoms. The van der Waals surface area contributed by atoms with Gasteiger partial charge in [-0.3, -0.25) is 4.79 Å². The molecule has 0 saturated carbocycles. The highest BCUT2D eigenvalue weighted by atomic mass is 32.2. The molecule has 2 aliphatic rings. The van der Waals surface area contributed by atoms with Crippen LogP contribution in [0.5, 0.6) is 0 Å². The lowest BCUT2D eigenvalue weighted by Gasteiger charge is -2.41. The standard InChI is InChI=1S/C16H19NO3S/c1-10-9-14(18)17-12(10)7-8-13(15(17)16(19)20)21-11-5-3-2-4-6-11/h2-6,10,12-13,15H,7-9H2,1H3,(H,19,20)/t10?,12?,13-,15?/m1/s1. The first-order chi connectivity index (χ1) is 10.1. The summed E-state index contributed by atoms with van der Waals surface area (Å²) < 4.78 is 0. The summed E-state index contributed by atoms with van der Waals surface area (Å²) >= 11 is 1.58. The number of carbonyl (C=O) groups excluding carboxylic acids is 1. The average molecular weight is 305 g/mol. The average Bonchev–Trinajstić information content (AvgIpc) is 2.74. The van der Waals surface area contributed by atoms with Crippen LogP contribution in [0.2, 0.25) is 0 Å². The molecule has 1 aromatic rings. The highest BCUT2D eigenvalue weighted by Gasteiger charge is 2.49. The number of hydrogen-bond acceptors (Lipinski definition) is 3. The summed E-state index contributed by atoms with van der Waals surface area (Å²) in [4.78, 5) is 26.6. The zero-order chi connectivity index (χ0) is 15.0. The summed E-state index contributed by atoms with van der Waals surface area (Å²) in [5, 5.41) is 9.56. The first-order valence-electron chi connectivity index (χ1n) is 7.33. The van der Waals surface area contributed by atoms with Crippen LogP contribution in [0.25, 0.3) is 0 Å². The van der Waals surface area contributed by atoms with Gasteiger partial charge in [0.15, 0.2) is 0 Å². The van der Waals surface area contributed by atoms with Gasteiger partial charge in [0.25, 0.3) is 0 Å². The summed E-state index contributed by atoms with van der Waals surface area (Å²) in [6.07, 6.45) is 2.23. The summed E-state index contributed by atoms with van der Waals surface area (Å²) in [5.74, 6) is -0.615. The summed E-state index contributed by atoms with van der Waals surface area (Å²) in [5.41, 5.74) is 0. The van der Waals surface area contributed by atoms with E-state index in [2.05, 4.69) is 0 Å². The SMILES string of the molecule is CC1CC(=O)N2C1CC[C@@H](Sc1ccccc1)C2C(=O)O. The number of piperidine rings is 1. The Labute approximate surface area is 128 Å². The first kappa shape index (κ1) is 14.4. The molecule has 2 fully saturated rings. The molecule has 2 saturated heterocycles. The Morgan fingerprint density at radius 2 is 2.00 bits per heavy atom. The van der Waals surface area contributed by atoms with Gasteiger partial charge in [0.05, 0.1) is 0 Å². The van der Waals surface area contributed by atoms with Crippen LogP contribution in [0.1, 0.15) is 26.2 Å². The van der Waals surface area contributed by atoms with Crippen LogP contribution in [0.3, 0.4) is 0 Å². The van der Waals surface area contributed by atoms with Crippen molar-refractivity contribution in [1.29, 1.82) is 0 Å². The number of nitrogens with zero attached hydrogens (tertiary/aromatic N) is 1. The normalized spacial score (nSPS) is 32.0. The Kier molecular flexibility index (Phi) is 3.93. The lowest BCUT2D eigenvalue weighted by atomic mass is 9.91. The van der Waals surface area contributed by atoms with Gasteiger partial charge < -0.3 is 10.0 Å². The quantitative estimate of drug-likeness (QED) is 0.932. The van der Waals surface area contributed by atoms with E-state index in [0.717, 1.165) is 17.7 Å². The van der Waals surface area contributed by atoms with E-state index >= 15 is 0 Å². The van der Waals surface area contributed by atoms with Gasteiger partial charge in [-0.25, -0.2) is 4.79 Å². The van der Waals surface area contributed by atoms with Gasteiger partial charge in [-0.05, 0) is 30.9 Å². The highest BCUT2D eigenvalue weighted by molar-refractivity contribution is 8.00. The minimum absolute atomic E-state index is 0.00161. The molecule has 1 amide bonds. The lowest BCUT2D eigenvalue weighted by molar-refractivity contribution is -0.151. The topological polar surface area (TPSA) is 57.6 Å². The molecule has 4 atom stereocenters. The molecular weight excluding hydrogens is 286 g/mol. The van der Waals surface area contributed by atoms with Gasteiger partial charge in [0.2, 0.25) is 5.91 Å². The predicted molar refractivity (Wildman–Crippen MR) is 81.2 cm³/mol. The van der Waals surface area contributed by atoms with Crippen LogP contribution in [-0.4, -0.2) is 39.2 Å². The number of carbonyl (C=O) groups is 2. The van der Waals surface area contributed by atoms with Gasteiger partial charge in [0, 0.05) is 22.6 Å². The van der Waals surface area contributed by atoms with E-state index in [4.69, 9.17) is 0 Å². The number of amides is 1. The van der Waals surface area contributed by atoms with Crippen molar-refractivity contribution in [2.24, 2.45) is 5.92 Å². The Balaban J connectivity index is 1.84. The molecule has 112 valence electrons. The number of carboxylic acid groups (broad SMARTS) is 1. The van der Waals surface area contributed by atoms with Crippen molar-refractivity contribution >= 4 is 23.6 Å². The molecule has 0 aromatic heterocycles. The van der Waals surface area contributed by atoms with Crippen LogP contribution in [0, 0.1) is 5.92 Å². The van der Waals surface area contributed by atoms with Gasteiger partial charge in [-0.15, -0.1) is 11.8 Å². The molecule has 2 heterocycles. The Bertz CT molecular complexity index is 548. The van der Waals surface area contributed by atoms with E-state index in [1.165, 1.54) is 0 Å². The summed E-state index contributed by atoms with van der Waals surface area (Å²) in [6, 6.07) is 9.23. The number of thioether (sulfide) groups is 1. The molecule has 1 aromatic carbocycles. The van der Waals surface area contributed by atoms with E-state index in [1.54, 1.807) is 16.7 Å². The monoisotopic (exact) mass is 305 g/mol. The molecule has 3 unspecified atom stereocenters. The van der Waals surface area contributed by atoms with Crippen molar-refractivity contribution in [2.45, 2.75) is 48.4 Å². The number of hydrogen-bond donors (Lipinski definition) is 1. The maximum atomic E-state index is 12.2. The fraction of sp³-hybridized carbons (Fsp3) is 0.500. The van der Waals surface area contributed by atoms with Crippen LogP contribution in [-0.2, 0) is 9.59 Å². The third kappa shape index (κ3) is 2.67. The molecule has 5 heteroatoms. The predicted octanol–water partition coefficient (Wildman–Crippen LogP) is 2.63. The second-order valence-corrected chi connectivity index (χ2v) is 7.19. The minimum Gasteiger partial charge on any atom is -0.480 e. The Morgan fingerprint density at radius 3 is 2.67 bits per heavy atom. The third-order valence-electron chi connectivity index (χ3n) is 4.48. The summed E-state index contributed by atoms with van der Waals surface area (Å²) in [6.45, 7) is 2.05. The maximum Gasteiger partial charge on any atom is 0.327 e. The van der Waals surface area contributed by atoms with E-state index in [1.807, 2.05) is 37.3 Å². The molecule has 3 rings (SSSR count). The number of aliphatic carboxylic acids is 1. The van der Waals surface area contributed by atoms with Crippen LogP contribution in [0.15, 0.2) is 35.2 Å². The van der Waals surface area contributed by atoms with E-state index in [9.17, 15) is 14.7 Å². The smallest absolute Gasteiger partial charge is 0.327 e. The van der Waals surface area contributed by atoms with Crippen molar-refractivity contribution in [2.75, 3.05) is 0 Å².